The zero-order valence-electron chi connectivity index (χ0n) is 15.9. The lowest BCUT2D eigenvalue weighted by Gasteiger charge is -2.10. The fourth-order valence-electron chi connectivity index (χ4n) is 2.67. The first kappa shape index (κ1) is 20.6. The van der Waals surface area contributed by atoms with Crippen molar-refractivity contribution in [3.05, 3.63) is 71.9 Å². The molecule has 4 rings (SSSR count). The van der Waals surface area contributed by atoms with Crippen molar-refractivity contribution < 1.29 is 9.21 Å². The fraction of sp³-hybridized carbons (Fsp3) is 0.0952. The number of para-hydroxylation sites is 1. The van der Waals surface area contributed by atoms with Crippen molar-refractivity contribution in [2.45, 2.75) is 14.9 Å². The highest BCUT2D eigenvalue weighted by Crippen LogP contribution is 2.34. The van der Waals surface area contributed by atoms with Gasteiger partial charge in [0.15, 0.2) is 16.7 Å². The number of nitrogens with zero attached hydrogens (tertiary/aromatic N) is 3. The van der Waals surface area contributed by atoms with Gasteiger partial charge in [-0.15, -0.1) is 10.2 Å². The number of furan rings is 1. The minimum Gasteiger partial charge on any atom is -0.461 e. The van der Waals surface area contributed by atoms with Crippen LogP contribution in [0.2, 0.25) is 5.02 Å². The van der Waals surface area contributed by atoms with Crippen LogP contribution < -0.4 is 5.32 Å². The van der Waals surface area contributed by atoms with Gasteiger partial charge in [-0.05, 0) is 48.5 Å². The molecule has 2 aromatic heterocycles. The smallest absolute Gasteiger partial charge is 0.234 e. The number of halogens is 1. The van der Waals surface area contributed by atoms with Crippen molar-refractivity contribution in [3.63, 3.8) is 0 Å². The van der Waals surface area contributed by atoms with Crippen molar-refractivity contribution in [3.8, 4) is 11.6 Å². The van der Waals surface area contributed by atoms with Gasteiger partial charge in [-0.25, -0.2) is 0 Å². The average molecular weight is 457 g/mol. The molecule has 0 spiro atoms. The number of benzene rings is 2. The van der Waals surface area contributed by atoms with E-state index < -0.39 is 0 Å². The molecule has 0 bridgehead atoms. The van der Waals surface area contributed by atoms with Gasteiger partial charge in [0.2, 0.25) is 5.91 Å². The predicted octanol–water partition coefficient (Wildman–Crippen LogP) is 5.61. The Kier molecular flexibility index (Phi) is 6.47. The summed E-state index contributed by atoms with van der Waals surface area (Å²) >= 11 is 8.84. The van der Waals surface area contributed by atoms with Crippen LogP contribution in [0.15, 0.2) is 86.3 Å². The fourth-order valence-corrected chi connectivity index (χ4v) is 4.40. The second-order valence-electron chi connectivity index (χ2n) is 6.23. The summed E-state index contributed by atoms with van der Waals surface area (Å²) in [4.78, 5) is 14.5. The van der Waals surface area contributed by atoms with E-state index in [0.29, 0.717) is 21.8 Å². The molecular weight excluding hydrogens is 440 g/mol. The van der Waals surface area contributed by atoms with Crippen molar-refractivity contribution in [2.24, 2.45) is 7.05 Å². The number of thioether (sulfide) groups is 1. The van der Waals surface area contributed by atoms with Gasteiger partial charge in [0.05, 0.1) is 17.7 Å². The number of amides is 1. The summed E-state index contributed by atoms with van der Waals surface area (Å²) in [5, 5.41) is 12.6. The first-order chi connectivity index (χ1) is 14.6. The molecule has 0 atom stereocenters. The number of aromatic nitrogens is 3. The molecule has 0 aliphatic heterocycles. The summed E-state index contributed by atoms with van der Waals surface area (Å²) in [7, 11) is 1.84. The third-order valence-electron chi connectivity index (χ3n) is 4.11. The molecule has 0 aliphatic carbocycles. The molecule has 9 heteroatoms. The van der Waals surface area contributed by atoms with E-state index in [2.05, 4.69) is 15.5 Å². The molecule has 30 heavy (non-hydrogen) atoms. The number of hydrogen-bond donors (Lipinski definition) is 1. The van der Waals surface area contributed by atoms with E-state index in [4.69, 9.17) is 16.0 Å². The molecule has 2 aromatic carbocycles. The molecule has 1 amide bonds. The van der Waals surface area contributed by atoms with Crippen LogP contribution in [0.4, 0.5) is 5.69 Å². The van der Waals surface area contributed by atoms with E-state index in [1.807, 2.05) is 61.6 Å². The molecular formula is C21H17ClN4O2S2. The molecule has 0 saturated heterocycles. The minimum atomic E-state index is -0.119. The maximum atomic E-state index is 12.5. The van der Waals surface area contributed by atoms with Gasteiger partial charge < -0.3 is 14.3 Å². The highest BCUT2D eigenvalue weighted by molar-refractivity contribution is 8.00. The second-order valence-corrected chi connectivity index (χ2v) is 8.73. The molecule has 6 nitrogen and oxygen atoms in total. The highest BCUT2D eigenvalue weighted by Gasteiger charge is 2.15. The van der Waals surface area contributed by atoms with Gasteiger partial charge in [-0.1, -0.05) is 47.3 Å². The van der Waals surface area contributed by atoms with Crippen LogP contribution >= 0.6 is 35.1 Å². The Hall–Kier alpha value is -2.68. The van der Waals surface area contributed by atoms with Gasteiger partial charge in [0, 0.05) is 21.9 Å². The van der Waals surface area contributed by atoms with E-state index in [9.17, 15) is 4.79 Å². The Labute approximate surface area is 187 Å². The number of nitrogens with one attached hydrogen (secondary N) is 1. The first-order valence-corrected chi connectivity index (χ1v) is 11.2. The summed E-state index contributed by atoms with van der Waals surface area (Å²) in [6.45, 7) is 0. The number of hydrogen-bond acceptors (Lipinski definition) is 6. The lowest BCUT2D eigenvalue weighted by atomic mass is 10.3. The molecule has 4 aromatic rings. The van der Waals surface area contributed by atoms with Crippen LogP contribution in [-0.2, 0) is 11.8 Å². The molecule has 1 N–H and O–H groups in total. The highest BCUT2D eigenvalue weighted by atomic mass is 35.5. The Balaban J connectivity index is 1.40. The van der Waals surface area contributed by atoms with Crippen molar-refractivity contribution in [1.82, 2.24) is 14.8 Å². The van der Waals surface area contributed by atoms with Gasteiger partial charge in [0.25, 0.3) is 0 Å². The summed E-state index contributed by atoms with van der Waals surface area (Å²) < 4.78 is 7.17. The Morgan fingerprint density at radius 1 is 1.10 bits per heavy atom. The van der Waals surface area contributed by atoms with Crippen LogP contribution in [-0.4, -0.2) is 26.4 Å². The zero-order valence-corrected chi connectivity index (χ0v) is 18.3. The largest absolute Gasteiger partial charge is 0.461 e. The molecule has 0 radical (unpaired) electrons. The maximum Gasteiger partial charge on any atom is 0.234 e. The minimum absolute atomic E-state index is 0.119. The van der Waals surface area contributed by atoms with E-state index in [1.165, 1.54) is 11.8 Å². The van der Waals surface area contributed by atoms with Crippen LogP contribution in [0.3, 0.4) is 0 Å². The predicted molar refractivity (Wildman–Crippen MR) is 120 cm³/mol. The second kappa shape index (κ2) is 9.42. The molecule has 0 saturated carbocycles. The quantitative estimate of drug-likeness (QED) is 0.364. The van der Waals surface area contributed by atoms with Gasteiger partial charge in [-0.2, -0.15) is 0 Å². The van der Waals surface area contributed by atoms with Crippen molar-refractivity contribution >= 4 is 46.7 Å². The SMILES string of the molecule is Cn1c(SCC(=O)Nc2ccccc2Sc2ccc(Cl)cc2)nnc1-c1ccco1. The maximum absolute atomic E-state index is 12.5. The molecule has 2 heterocycles. The van der Waals surface area contributed by atoms with E-state index in [0.717, 1.165) is 15.5 Å². The third kappa shape index (κ3) is 4.89. The molecule has 0 aliphatic rings. The number of anilines is 1. The van der Waals surface area contributed by atoms with E-state index in [1.54, 1.807) is 28.7 Å². The van der Waals surface area contributed by atoms with Crippen LogP contribution in [0.1, 0.15) is 0 Å². The lowest BCUT2D eigenvalue weighted by molar-refractivity contribution is -0.113. The standard InChI is InChI=1S/C21H17ClN4O2S2/c1-26-20(17-6-4-12-28-17)24-25-21(26)29-13-19(27)23-16-5-2-3-7-18(16)30-15-10-8-14(22)9-11-15/h2-12H,13H2,1H3,(H,23,27). The lowest BCUT2D eigenvalue weighted by Crippen LogP contribution is -2.15. The third-order valence-corrected chi connectivity index (χ3v) is 6.47. The van der Waals surface area contributed by atoms with E-state index >= 15 is 0 Å². The zero-order chi connectivity index (χ0) is 20.9. The van der Waals surface area contributed by atoms with Crippen LogP contribution in [0.25, 0.3) is 11.6 Å². The first-order valence-electron chi connectivity index (χ1n) is 8.98. The summed E-state index contributed by atoms with van der Waals surface area (Å²) in [5.41, 5.74) is 0.761. The van der Waals surface area contributed by atoms with Crippen LogP contribution in [0, 0.1) is 0 Å². The van der Waals surface area contributed by atoms with Gasteiger partial charge in [0.1, 0.15) is 0 Å². The normalized spacial score (nSPS) is 10.9. The van der Waals surface area contributed by atoms with Crippen LogP contribution in [0.5, 0.6) is 0 Å². The van der Waals surface area contributed by atoms with Gasteiger partial charge in [-0.3, -0.25) is 4.79 Å². The molecule has 152 valence electrons. The Morgan fingerprint density at radius 2 is 1.90 bits per heavy atom. The summed E-state index contributed by atoms with van der Waals surface area (Å²) in [6, 6.07) is 18.9. The number of carbonyl (C=O) groups excluding carboxylic acids is 1. The summed E-state index contributed by atoms with van der Waals surface area (Å²) in [5.74, 6) is 1.35. The Bertz CT molecular complexity index is 1140. The molecule has 0 unspecified atom stereocenters. The number of carbonyl (C=O) groups is 1. The van der Waals surface area contributed by atoms with Crippen molar-refractivity contribution in [2.75, 3.05) is 11.1 Å². The summed E-state index contributed by atoms with van der Waals surface area (Å²) in [6.07, 6.45) is 1.59. The monoisotopic (exact) mass is 456 g/mol. The number of rotatable bonds is 7. The topological polar surface area (TPSA) is 73.0 Å². The van der Waals surface area contributed by atoms with Crippen molar-refractivity contribution in [1.29, 1.82) is 0 Å². The molecule has 0 fully saturated rings. The van der Waals surface area contributed by atoms with E-state index in [-0.39, 0.29) is 11.7 Å². The van der Waals surface area contributed by atoms with Gasteiger partial charge >= 0.3 is 0 Å². The average Bonchev–Trinajstić information content (AvgIpc) is 3.39. The Morgan fingerprint density at radius 3 is 2.67 bits per heavy atom.